The first kappa shape index (κ1) is 17.6. The van der Waals surface area contributed by atoms with Crippen LogP contribution < -0.4 is 13.7 Å². The van der Waals surface area contributed by atoms with E-state index in [1.54, 1.807) is 9.31 Å². The average Bonchev–Trinajstić information content (AvgIpc) is 3.37. The Morgan fingerprint density at radius 2 is 2.15 bits per heavy atom. The van der Waals surface area contributed by atoms with Crippen LogP contribution in [0.15, 0.2) is 29.5 Å². The van der Waals surface area contributed by atoms with Crippen molar-refractivity contribution in [3.63, 3.8) is 0 Å². The number of H-pyrrole nitrogens is 1. The first-order valence-electron chi connectivity index (χ1n) is 9.16. The molecule has 1 fully saturated rings. The maximum atomic E-state index is 13.0. The summed E-state index contributed by atoms with van der Waals surface area (Å²) in [5, 5.41) is 7.62. The Kier molecular flexibility index (Phi) is 5.28. The van der Waals surface area contributed by atoms with E-state index in [2.05, 4.69) is 48.5 Å². The molecule has 0 saturated heterocycles. The third-order valence-corrected chi connectivity index (χ3v) is 6.27. The minimum atomic E-state index is 0.104. The molecule has 2 aromatic heterocycles. The molecule has 3 heterocycles. The van der Waals surface area contributed by atoms with Crippen molar-refractivity contribution in [2.45, 2.75) is 25.7 Å². The molecule has 0 unspecified atom stereocenters. The smallest absolute Gasteiger partial charge is 0.238 e. The number of aromatic amines is 1. The molecule has 3 N–H and O–H groups in total. The van der Waals surface area contributed by atoms with Gasteiger partial charge in [-0.15, -0.1) is 0 Å². The van der Waals surface area contributed by atoms with Crippen LogP contribution in [0.5, 0.6) is 0 Å². The zero-order chi connectivity index (χ0) is 17.9. The van der Waals surface area contributed by atoms with Crippen molar-refractivity contribution in [3.8, 4) is 0 Å². The second-order valence-electron chi connectivity index (χ2n) is 6.94. The van der Waals surface area contributed by atoms with Gasteiger partial charge in [-0.1, -0.05) is 0 Å². The van der Waals surface area contributed by atoms with Gasteiger partial charge < -0.3 is 15.6 Å². The molecule has 1 aliphatic carbocycles. The lowest BCUT2D eigenvalue weighted by Crippen LogP contribution is -2.39. The van der Waals surface area contributed by atoms with Crippen LogP contribution in [-0.2, 0) is 4.79 Å². The van der Waals surface area contributed by atoms with Crippen molar-refractivity contribution in [1.29, 1.82) is 0 Å². The molecule has 1 amide bonds. The molecule has 1 saturated carbocycles. The fraction of sp³-hybridized carbons (Fsp3) is 0.500. The SMILES string of the molecule is O=C(C1CCC(CNC2=NCCN2)CC1)N(I)c1ccnc2[nH]ccc12. The molecule has 8 heteroatoms. The van der Waals surface area contributed by atoms with Crippen molar-refractivity contribution in [2.75, 3.05) is 22.7 Å². The fourth-order valence-corrected chi connectivity index (χ4v) is 4.58. The molecule has 1 aliphatic heterocycles. The molecule has 0 atom stereocenters. The molecule has 0 spiro atoms. The van der Waals surface area contributed by atoms with Crippen LogP contribution in [0.4, 0.5) is 5.69 Å². The third kappa shape index (κ3) is 3.65. The summed E-state index contributed by atoms with van der Waals surface area (Å²) in [5.41, 5.74) is 1.73. The number of nitrogens with one attached hydrogen (secondary N) is 3. The van der Waals surface area contributed by atoms with Crippen LogP contribution in [0.1, 0.15) is 25.7 Å². The van der Waals surface area contributed by atoms with Crippen LogP contribution in [0.25, 0.3) is 11.0 Å². The van der Waals surface area contributed by atoms with Gasteiger partial charge in [0.25, 0.3) is 0 Å². The fourth-order valence-electron chi connectivity index (χ4n) is 3.77. The van der Waals surface area contributed by atoms with Crippen molar-refractivity contribution in [2.24, 2.45) is 16.8 Å². The van der Waals surface area contributed by atoms with Gasteiger partial charge in [0.1, 0.15) is 5.65 Å². The van der Waals surface area contributed by atoms with E-state index >= 15 is 0 Å². The number of aliphatic imine (C=N–C) groups is 1. The molecule has 26 heavy (non-hydrogen) atoms. The van der Waals surface area contributed by atoms with Gasteiger partial charge in [0, 0.05) is 36.8 Å². The first-order chi connectivity index (χ1) is 12.7. The number of halogens is 1. The maximum Gasteiger partial charge on any atom is 0.238 e. The Labute approximate surface area is 166 Å². The summed E-state index contributed by atoms with van der Waals surface area (Å²) in [5.74, 6) is 1.85. The van der Waals surface area contributed by atoms with E-state index in [4.69, 9.17) is 0 Å². The molecular weight excluding hydrogens is 443 g/mol. The first-order valence-corrected chi connectivity index (χ1v) is 10.1. The summed E-state index contributed by atoms with van der Waals surface area (Å²) < 4.78 is 1.77. The van der Waals surface area contributed by atoms with E-state index in [1.807, 2.05) is 18.3 Å². The average molecular weight is 466 g/mol. The highest BCUT2D eigenvalue weighted by Gasteiger charge is 2.30. The third-order valence-electron chi connectivity index (χ3n) is 5.27. The van der Waals surface area contributed by atoms with E-state index in [9.17, 15) is 4.79 Å². The van der Waals surface area contributed by atoms with Crippen LogP contribution >= 0.6 is 22.9 Å². The van der Waals surface area contributed by atoms with E-state index in [1.165, 1.54) is 0 Å². The molecule has 2 aromatic rings. The lowest BCUT2D eigenvalue weighted by Gasteiger charge is -2.30. The molecule has 4 rings (SSSR count). The predicted octanol–water partition coefficient (Wildman–Crippen LogP) is 2.60. The van der Waals surface area contributed by atoms with Gasteiger partial charge in [0.05, 0.1) is 35.1 Å². The van der Waals surface area contributed by atoms with Crippen molar-refractivity contribution in [3.05, 3.63) is 24.5 Å². The molecule has 2 aliphatic rings. The Hall–Kier alpha value is -1.84. The van der Waals surface area contributed by atoms with Crippen molar-refractivity contribution < 1.29 is 4.79 Å². The van der Waals surface area contributed by atoms with Gasteiger partial charge in [-0.25, -0.2) is 4.98 Å². The summed E-state index contributed by atoms with van der Waals surface area (Å²) in [7, 11) is 0. The number of pyridine rings is 1. The minimum Gasteiger partial charge on any atom is -0.356 e. The van der Waals surface area contributed by atoms with Gasteiger partial charge in [-0.05, 0) is 43.7 Å². The number of rotatable bonds is 4. The Morgan fingerprint density at radius 3 is 2.92 bits per heavy atom. The second kappa shape index (κ2) is 7.81. The molecule has 0 bridgehead atoms. The number of nitrogens with zero attached hydrogens (tertiary/aromatic N) is 3. The molecule has 7 nitrogen and oxygen atoms in total. The molecule has 0 aromatic carbocycles. The van der Waals surface area contributed by atoms with Gasteiger partial charge in [0.15, 0.2) is 5.96 Å². The maximum absolute atomic E-state index is 13.0. The van der Waals surface area contributed by atoms with E-state index in [-0.39, 0.29) is 11.8 Å². The van der Waals surface area contributed by atoms with Gasteiger partial charge in [0.2, 0.25) is 5.91 Å². The number of guanidine groups is 1. The van der Waals surface area contributed by atoms with E-state index in [0.29, 0.717) is 5.92 Å². The number of carbonyl (C=O) groups excluding carboxylic acids is 1. The van der Waals surface area contributed by atoms with E-state index in [0.717, 1.165) is 68.0 Å². The number of carbonyl (C=O) groups is 1. The number of anilines is 1. The number of fused-ring (bicyclic) bond motifs is 1. The monoisotopic (exact) mass is 466 g/mol. The highest BCUT2D eigenvalue weighted by Crippen LogP contribution is 2.34. The Balaban J connectivity index is 1.33. The van der Waals surface area contributed by atoms with Crippen molar-refractivity contribution in [1.82, 2.24) is 20.6 Å². The predicted molar refractivity (Wildman–Crippen MR) is 111 cm³/mol. The highest BCUT2D eigenvalue weighted by atomic mass is 127. The van der Waals surface area contributed by atoms with Crippen molar-refractivity contribution >= 4 is 51.5 Å². The molecule has 138 valence electrons. The largest absolute Gasteiger partial charge is 0.356 e. The molecule has 0 radical (unpaired) electrons. The zero-order valence-corrected chi connectivity index (χ0v) is 16.7. The van der Waals surface area contributed by atoms with Crippen LogP contribution in [-0.4, -0.2) is 41.5 Å². The lowest BCUT2D eigenvalue weighted by molar-refractivity contribution is -0.121. The quantitative estimate of drug-likeness (QED) is 0.478. The summed E-state index contributed by atoms with van der Waals surface area (Å²) in [6, 6.07) is 3.88. The number of hydrogen-bond donors (Lipinski definition) is 3. The molecular formula is C18H23IN6O. The lowest BCUT2D eigenvalue weighted by atomic mass is 9.81. The topological polar surface area (TPSA) is 85.4 Å². The Morgan fingerprint density at radius 1 is 1.31 bits per heavy atom. The van der Waals surface area contributed by atoms with E-state index < -0.39 is 0 Å². The zero-order valence-electron chi connectivity index (χ0n) is 14.5. The minimum absolute atomic E-state index is 0.104. The summed E-state index contributed by atoms with van der Waals surface area (Å²) in [6.45, 7) is 2.73. The van der Waals surface area contributed by atoms with Crippen LogP contribution in [0, 0.1) is 11.8 Å². The van der Waals surface area contributed by atoms with Gasteiger partial charge >= 0.3 is 0 Å². The Bertz CT molecular complexity index is 811. The van der Waals surface area contributed by atoms with Gasteiger partial charge in [-0.3, -0.25) is 12.9 Å². The number of hydrogen-bond acceptors (Lipinski definition) is 5. The second-order valence-corrected chi connectivity index (χ2v) is 7.91. The highest BCUT2D eigenvalue weighted by molar-refractivity contribution is 14.1. The summed E-state index contributed by atoms with van der Waals surface area (Å²) in [6.07, 6.45) is 7.67. The summed E-state index contributed by atoms with van der Waals surface area (Å²) >= 11 is 2.13. The van der Waals surface area contributed by atoms with Gasteiger partial charge in [-0.2, -0.15) is 0 Å². The number of amides is 1. The normalized spacial score (nSPS) is 22.7. The standard InChI is InChI=1S/C18H23IN6O/c19-25(15-6-8-21-16-14(15)5-7-20-16)17(26)13-3-1-12(2-4-13)11-24-18-22-9-10-23-18/h5-8,12-13H,1-4,9-11H2,(H,20,21)(H2,22,23,24). The van der Waals surface area contributed by atoms with Crippen LogP contribution in [0.3, 0.4) is 0 Å². The number of aromatic nitrogens is 2. The van der Waals surface area contributed by atoms with Crippen LogP contribution in [0.2, 0.25) is 0 Å². The summed E-state index contributed by atoms with van der Waals surface area (Å²) in [4.78, 5) is 24.7.